The van der Waals surface area contributed by atoms with Crippen molar-refractivity contribution in [1.82, 2.24) is 5.32 Å². The summed E-state index contributed by atoms with van der Waals surface area (Å²) >= 11 is 0. The number of benzene rings is 2. The number of amides is 1. The van der Waals surface area contributed by atoms with Crippen LogP contribution in [0.4, 0.5) is 0 Å². The Labute approximate surface area is 141 Å². The fourth-order valence-corrected chi connectivity index (χ4v) is 3.48. The molecule has 4 rings (SSSR count). The van der Waals surface area contributed by atoms with Crippen molar-refractivity contribution < 1.29 is 14.3 Å². The molecule has 1 N–H and O–H groups in total. The van der Waals surface area contributed by atoms with Gasteiger partial charge in [0, 0.05) is 6.54 Å². The number of ether oxygens (including phenoxy) is 2. The van der Waals surface area contributed by atoms with Gasteiger partial charge in [0.15, 0.2) is 11.5 Å². The Hall–Kier alpha value is -2.49. The summed E-state index contributed by atoms with van der Waals surface area (Å²) in [6, 6.07) is 15.9. The van der Waals surface area contributed by atoms with Gasteiger partial charge in [0.05, 0.1) is 5.41 Å². The van der Waals surface area contributed by atoms with Gasteiger partial charge in [0.2, 0.25) is 5.91 Å². The minimum absolute atomic E-state index is 0.120. The molecule has 1 fully saturated rings. The van der Waals surface area contributed by atoms with Crippen molar-refractivity contribution in [2.24, 2.45) is 0 Å². The zero-order valence-corrected chi connectivity index (χ0v) is 13.6. The second-order valence-corrected chi connectivity index (χ2v) is 6.46. The van der Waals surface area contributed by atoms with Crippen LogP contribution in [0.15, 0.2) is 48.5 Å². The standard InChI is InChI=1S/C20H21NO3/c22-19(20(9-4-10-20)16-5-2-1-3-6-16)21-14-15-7-8-17-18(13-15)24-12-11-23-17/h1-3,5-8,13H,4,9-12,14H2,(H,21,22). The molecule has 0 radical (unpaired) electrons. The van der Waals surface area contributed by atoms with Crippen LogP contribution in [0, 0.1) is 0 Å². The molecule has 0 atom stereocenters. The lowest BCUT2D eigenvalue weighted by Crippen LogP contribution is -2.48. The van der Waals surface area contributed by atoms with Crippen LogP contribution in [-0.4, -0.2) is 19.1 Å². The van der Waals surface area contributed by atoms with E-state index >= 15 is 0 Å². The van der Waals surface area contributed by atoms with Gasteiger partial charge in [0.1, 0.15) is 13.2 Å². The molecule has 0 aromatic heterocycles. The Morgan fingerprint density at radius 2 is 1.75 bits per heavy atom. The third-order valence-corrected chi connectivity index (χ3v) is 5.03. The maximum atomic E-state index is 12.8. The van der Waals surface area contributed by atoms with Gasteiger partial charge in [-0.1, -0.05) is 42.8 Å². The quantitative estimate of drug-likeness (QED) is 0.940. The Morgan fingerprint density at radius 3 is 2.46 bits per heavy atom. The molecule has 0 unspecified atom stereocenters. The van der Waals surface area contributed by atoms with Gasteiger partial charge in [-0.2, -0.15) is 0 Å². The van der Waals surface area contributed by atoms with E-state index in [0.717, 1.165) is 41.9 Å². The van der Waals surface area contributed by atoms with E-state index in [-0.39, 0.29) is 11.3 Å². The maximum absolute atomic E-state index is 12.8. The van der Waals surface area contributed by atoms with Crippen molar-refractivity contribution in [1.29, 1.82) is 0 Å². The lowest BCUT2D eigenvalue weighted by Gasteiger charge is -2.40. The summed E-state index contributed by atoms with van der Waals surface area (Å²) in [6.07, 6.45) is 2.94. The van der Waals surface area contributed by atoms with Gasteiger partial charge in [-0.15, -0.1) is 0 Å². The fourth-order valence-electron chi connectivity index (χ4n) is 3.48. The first-order chi connectivity index (χ1) is 11.8. The molecule has 24 heavy (non-hydrogen) atoms. The SMILES string of the molecule is O=C(NCc1ccc2c(c1)OCCO2)C1(c2ccccc2)CCC1. The summed E-state index contributed by atoms with van der Waals surface area (Å²) in [5.41, 5.74) is 1.79. The topological polar surface area (TPSA) is 47.6 Å². The Bertz CT molecular complexity index is 738. The molecule has 1 aliphatic carbocycles. The molecule has 1 heterocycles. The number of hydrogen-bond acceptors (Lipinski definition) is 3. The molecule has 2 aliphatic rings. The molecule has 1 amide bonds. The first kappa shape index (κ1) is 15.1. The monoisotopic (exact) mass is 323 g/mol. The van der Waals surface area contributed by atoms with E-state index in [9.17, 15) is 4.79 Å². The summed E-state index contributed by atoms with van der Waals surface area (Å²) < 4.78 is 11.1. The number of carbonyl (C=O) groups excluding carboxylic acids is 1. The smallest absolute Gasteiger partial charge is 0.230 e. The summed E-state index contributed by atoms with van der Waals surface area (Å²) in [6.45, 7) is 1.66. The van der Waals surface area contributed by atoms with Crippen LogP contribution in [-0.2, 0) is 16.8 Å². The molecule has 124 valence electrons. The number of hydrogen-bond donors (Lipinski definition) is 1. The highest BCUT2D eigenvalue weighted by molar-refractivity contribution is 5.89. The van der Waals surface area contributed by atoms with Gasteiger partial charge in [-0.25, -0.2) is 0 Å². The molecule has 1 saturated carbocycles. The fraction of sp³-hybridized carbons (Fsp3) is 0.350. The van der Waals surface area contributed by atoms with Crippen LogP contribution in [0.25, 0.3) is 0 Å². The molecular weight excluding hydrogens is 302 g/mol. The van der Waals surface area contributed by atoms with E-state index < -0.39 is 0 Å². The number of carbonyl (C=O) groups is 1. The third-order valence-electron chi connectivity index (χ3n) is 5.03. The Morgan fingerprint density at radius 1 is 1.00 bits per heavy atom. The second-order valence-electron chi connectivity index (χ2n) is 6.46. The Kier molecular flexibility index (Phi) is 3.89. The van der Waals surface area contributed by atoms with E-state index in [1.54, 1.807) is 0 Å². The van der Waals surface area contributed by atoms with Crippen molar-refractivity contribution in [2.75, 3.05) is 13.2 Å². The van der Waals surface area contributed by atoms with Crippen LogP contribution in [0.2, 0.25) is 0 Å². The van der Waals surface area contributed by atoms with Crippen LogP contribution >= 0.6 is 0 Å². The lowest BCUT2D eigenvalue weighted by molar-refractivity contribution is -0.130. The predicted molar refractivity (Wildman–Crippen MR) is 91.2 cm³/mol. The van der Waals surface area contributed by atoms with Crippen molar-refractivity contribution in [2.45, 2.75) is 31.2 Å². The largest absolute Gasteiger partial charge is 0.486 e. The molecular formula is C20H21NO3. The lowest BCUT2D eigenvalue weighted by atomic mass is 9.64. The van der Waals surface area contributed by atoms with Crippen LogP contribution in [0.5, 0.6) is 11.5 Å². The Balaban J connectivity index is 1.46. The van der Waals surface area contributed by atoms with Gasteiger partial charge in [-0.05, 0) is 36.1 Å². The van der Waals surface area contributed by atoms with Crippen molar-refractivity contribution >= 4 is 5.91 Å². The van der Waals surface area contributed by atoms with Crippen LogP contribution < -0.4 is 14.8 Å². The van der Waals surface area contributed by atoms with Crippen LogP contribution in [0.3, 0.4) is 0 Å². The maximum Gasteiger partial charge on any atom is 0.230 e. The normalized spacial score (nSPS) is 17.7. The average Bonchev–Trinajstić information content (AvgIpc) is 2.60. The molecule has 1 aliphatic heterocycles. The first-order valence-corrected chi connectivity index (χ1v) is 8.50. The highest BCUT2D eigenvalue weighted by atomic mass is 16.6. The third kappa shape index (κ3) is 2.62. The molecule has 2 aromatic carbocycles. The minimum Gasteiger partial charge on any atom is -0.486 e. The first-order valence-electron chi connectivity index (χ1n) is 8.50. The van der Waals surface area contributed by atoms with Gasteiger partial charge in [0.25, 0.3) is 0 Å². The van der Waals surface area contributed by atoms with E-state index in [4.69, 9.17) is 9.47 Å². The van der Waals surface area contributed by atoms with Gasteiger partial charge < -0.3 is 14.8 Å². The van der Waals surface area contributed by atoms with Gasteiger partial charge >= 0.3 is 0 Å². The van der Waals surface area contributed by atoms with Crippen molar-refractivity contribution in [3.8, 4) is 11.5 Å². The number of rotatable bonds is 4. The van der Waals surface area contributed by atoms with E-state index in [1.807, 2.05) is 36.4 Å². The van der Waals surface area contributed by atoms with E-state index in [0.29, 0.717) is 19.8 Å². The molecule has 0 spiro atoms. The van der Waals surface area contributed by atoms with E-state index in [2.05, 4.69) is 17.4 Å². The molecule has 4 nitrogen and oxygen atoms in total. The highest BCUT2D eigenvalue weighted by Crippen LogP contribution is 2.44. The predicted octanol–water partition coefficient (Wildman–Crippen LogP) is 3.20. The summed E-state index contributed by atoms with van der Waals surface area (Å²) in [4.78, 5) is 12.8. The second kappa shape index (κ2) is 6.19. The highest BCUT2D eigenvalue weighted by Gasteiger charge is 2.45. The molecule has 2 aromatic rings. The zero-order valence-electron chi connectivity index (χ0n) is 13.6. The van der Waals surface area contributed by atoms with Crippen molar-refractivity contribution in [3.63, 3.8) is 0 Å². The van der Waals surface area contributed by atoms with E-state index in [1.165, 1.54) is 0 Å². The zero-order chi connectivity index (χ0) is 16.4. The molecule has 0 bridgehead atoms. The number of nitrogens with one attached hydrogen (secondary N) is 1. The summed E-state index contributed by atoms with van der Waals surface area (Å²) in [5.74, 6) is 1.65. The number of fused-ring (bicyclic) bond motifs is 1. The molecule has 4 heteroatoms. The summed E-state index contributed by atoms with van der Waals surface area (Å²) in [7, 11) is 0. The van der Waals surface area contributed by atoms with Crippen LogP contribution in [0.1, 0.15) is 30.4 Å². The van der Waals surface area contributed by atoms with Gasteiger partial charge in [-0.3, -0.25) is 4.79 Å². The van der Waals surface area contributed by atoms with Crippen molar-refractivity contribution in [3.05, 3.63) is 59.7 Å². The summed E-state index contributed by atoms with van der Waals surface area (Å²) in [5, 5.41) is 3.11. The molecule has 0 saturated heterocycles. The minimum atomic E-state index is -0.352. The average molecular weight is 323 g/mol.